The van der Waals surface area contributed by atoms with Crippen molar-refractivity contribution in [3.05, 3.63) is 48.4 Å². The molecule has 0 spiro atoms. The Morgan fingerprint density at radius 1 is 1.35 bits per heavy atom. The molecule has 23 heavy (non-hydrogen) atoms. The lowest BCUT2D eigenvalue weighted by Gasteiger charge is -2.31. The van der Waals surface area contributed by atoms with Crippen molar-refractivity contribution in [3.63, 3.8) is 0 Å². The standard InChI is InChI=1S/C17H20N4O2/c18-16(22)12-21-9-3-4-13(11-21)15-6-1-7-17(20-15)23-14-5-2-8-19-10-14/h1-2,5-8,10,13H,3-4,9,11-12H2,(H2,18,22)/t13-/m1/s1. The Kier molecular flexibility index (Phi) is 4.83. The summed E-state index contributed by atoms with van der Waals surface area (Å²) in [5, 5.41) is 0. The zero-order valence-electron chi connectivity index (χ0n) is 12.9. The molecule has 1 fully saturated rings. The van der Waals surface area contributed by atoms with Gasteiger partial charge in [-0.05, 0) is 37.6 Å². The van der Waals surface area contributed by atoms with E-state index in [1.54, 1.807) is 12.4 Å². The maximum Gasteiger partial charge on any atom is 0.231 e. The molecule has 6 heteroatoms. The van der Waals surface area contributed by atoms with Gasteiger partial charge in [0.15, 0.2) is 0 Å². The first-order chi connectivity index (χ1) is 11.2. The van der Waals surface area contributed by atoms with Crippen LogP contribution in [0.4, 0.5) is 0 Å². The van der Waals surface area contributed by atoms with E-state index in [9.17, 15) is 4.79 Å². The quantitative estimate of drug-likeness (QED) is 0.912. The topological polar surface area (TPSA) is 81.3 Å². The molecule has 1 aliphatic rings. The summed E-state index contributed by atoms with van der Waals surface area (Å²) in [5.41, 5.74) is 6.28. The molecule has 0 saturated carbocycles. The van der Waals surface area contributed by atoms with Crippen LogP contribution in [0.25, 0.3) is 0 Å². The first-order valence-electron chi connectivity index (χ1n) is 7.76. The van der Waals surface area contributed by atoms with E-state index in [-0.39, 0.29) is 5.91 Å². The predicted molar refractivity (Wildman–Crippen MR) is 86.2 cm³/mol. The number of pyridine rings is 2. The van der Waals surface area contributed by atoms with Gasteiger partial charge in [-0.1, -0.05) is 6.07 Å². The zero-order chi connectivity index (χ0) is 16.1. The first-order valence-corrected chi connectivity index (χ1v) is 7.76. The minimum Gasteiger partial charge on any atom is -0.437 e. The van der Waals surface area contributed by atoms with Crippen molar-refractivity contribution in [1.82, 2.24) is 14.9 Å². The average Bonchev–Trinajstić information content (AvgIpc) is 2.56. The summed E-state index contributed by atoms with van der Waals surface area (Å²) in [5.74, 6) is 1.23. The van der Waals surface area contributed by atoms with Crippen LogP contribution in [-0.4, -0.2) is 40.4 Å². The number of nitrogens with zero attached hydrogens (tertiary/aromatic N) is 3. The number of primary amides is 1. The second-order valence-corrected chi connectivity index (χ2v) is 5.73. The van der Waals surface area contributed by atoms with Gasteiger partial charge < -0.3 is 10.5 Å². The van der Waals surface area contributed by atoms with Crippen LogP contribution in [0, 0.1) is 0 Å². The van der Waals surface area contributed by atoms with Gasteiger partial charge in [-0.25, -0.2) is 4.98 Å². The van der Waals surface area contributed by atoms with Crippen LogP contribution in [0.5, 0.6) is 11.6 Å². The molecule has 0 bridgehead atoms. The number of aromatic nitrogens is 2. The maximum atomic E-state index is 11.1. The Balaban J connectivity index is 1.70. The third-order valence-corrected chi connectivity index (χ3v) is 3.91. The second kappa shape index (κ2) is 7.19. The van der Waals surface area contributed by atoms with Gasteiger partial charge in [-0.15, -0.1) is 0 Å². The molecule has 2 aromatic rings. The van der Waals surface area contributed by atoms with Gasteiger partial charge in [-0.2, -0.15) is 0 Å². The Bertz CT molecular complexity index is 663. The summed E-state index contributed by atoms with van der Waals surface area (Å²) < 4.78 is 5.74. The summed E-state index contributed by atoms with van der Waals surface area (Å²) in [7, 11) is 0. The van der Waals surface area contributed by atoms with Crippen LogP contribution >= 0.6 is 0 Å². The van der Waals surface area contributed by atoms with Gasteiger partial charge in [0.25, 0.3) is 0 Å². The monoisotopic (exact) mass is 312 g/mol. The molecule has 0 aliphatic carbocycles. The molecule has 1 saturated heterocycles. The molecule has 2 N–H and O–H groups in total. The number of likely N-dealkylation sites (tertiary alicyclic amines) is 1. The molecule has 3 rings (SSSR count). The summed E-state index contributed by atoms with van der Waals surface area (Å²) in [6.45, 7) is 2.01. The van der Waals surface area contributed by atoms with E-state index in [4.69, 9.17) is 10.5 Å². The molecule has 0 unspecified atom stereocenters. The molecule has 3 heterocycles. The van der Waals surface area contributed by atoms with Crippen molar-refractivity contribution >= 4 is 5.91 Å². The highest BCUT2D eigenvalue weighted by molar-refractivity contribution is 5.75. The van der Waals surface area contributed by atoms with Crippen LogP contribution in [0.2, 0.25) is 0 Å². The summed E-state index contributed by atoms with van der Waals surface area (Å²) in [6.07, 6.45) is 5.45. The van der Waals surface area contributed by atoms with E-state index >= 15 is 0 Å². The molecular weight excluding hydrogens is 292 g/mol. The van der Waals surface area contributed by atoms with Crippen molar-refractivity contribution in [2.24, 2.45) is 5.73 Å². The minimum atomic E-state index is -0.285. The summed E-state index contributed by atoms with van der Waals surface area (Å²) in [6, 6.07) is 9.45. The van der Waals surface area contributed by atoms with Crippen LogP contribution in [0.3, 0.4) is 0 Å². The normalized spacial score (nSPS) is 18.5. The summed E-state index contributed by atoms with van der Waals surface area (Å²) >= 11 is 0. The Morgan fingerprint density at radius 2 is 2.26 bits per heavy atom. The fraction of sp³-hybridized carbons (Fsp3) is 0.353. The number of ether oxygens (including phenoxy) is 1. The Morgan fingerprint density at radius 3 is 3.04 bits per heavy atom. The van der Waals surface area contributed by atoms with Gasteiger partial charge in [0.1, 0.15) is 5.75 Å². The molecule has 1 amide bonds. The number of carbonyl (C=O) groups excluding carboxylic acids is 1. The molecule has 0 aromatic carbocycles. The number of hydrogen-bond donors (Lipinski definition) is 1. The number of hydrogen-bond acceptors (Lipinski definition) is 5. The van der Waals surface area contributed by atoms with Gasteiger partial charge >= 0.3 is 0 Å². The van der Waals surface area contributed by atoms with E-state index in [0.29, 0.717) is 24.1 Å². The Labute approximate surface area is 135 Å². The van der Waals surface area contributed by atoms with Gasteiger partial charge in [0.05, 0.1) is 12.7 Å². The fourth-order valence-corrected chi connectivity index (χ4v) is 2.90. The van der Waals surface area contributed by atoms with Gasteiger partial charge in [0.2, 0.25) is 11.8 Å². The molecule has 1 aliphatic heterocycles. The second-order valence-electron chi connectivity index (χ2n) is 5.73. The highest BCUT2D eigenvalue weighted by Gasteiger charge is 2.23. The van der Waals surface area contributed by atoms with E-state index < -0.39 is 0 Å². The third-order valence-electron chi connectivity index (χ3n) is 3.91. The smallest absolute Gasteiger partial charge is 0.231 e. The lowest BCUT2D eigenvalue weighted by atomic mass is 9.94. The molecule has 120 valence electrons. The number of amides is 1. The van der Waals surface area contributed by atoms with Crippen LogP contribution in [0.1, 0.15) is 24.5 Å². The van der Waals surface area contributed by atoms with E-state index in [1.807, 2.05) is 30.3 Å². The maximum absolute atomic E-state index is 11.1. The zero-order valence-corrected chi connectivity index (χ0v) is 12.9. The van der Waals surface area contributed by atoms with Gasteiger partial charge in [-0.3, -0.25) is 14.7 Å². The SMILES string of the molecule is NC(=O)CN1CCC[C@@H](c2cccc(Oc3cccnc3)n2)C1. The number of carbonyl (C=O) groups is 1. The lowest BCUT2D eigenvalue weighted by Crippen LogP contribution is -2.40. The molecule has 6 nitrogen and oxygen atoms in total. The summed E-state index contributed by atoms with van der Waals surface area (Å²) in [4.78, 5) is 21.8. The molecular formula is C17H20N4O2. The van der Waals surface area contributed by atoms with E-state index in [0.717, 1.165) is 31.6 Å². The molecule has 1 atom stereocenters. The van der Waals surface area contributed by atoms with Crippen molar-refractivity contribution in [3.8, 4) is 11.6 Å². The van der Waals surface area contributed by atoms with E-state index in [2.05, 4.69) is 14.9 Å². The van der Waals surface area contributed by atoms with Crippen LogP contribution in [-0.2, 0) is 4.79 Å². The van der Waals surface area contributed by atoms with Crippen molar-refractivity contribution in [2.75, 3.05) is 19.6 Å². The van der Waals surface area contributed by atoms with Crippen LogP contribution in [0.15, 0.2) is 42.7 Å². The highest BCUT2D eigenvalue weighted by atomic mass is 16.5. The Hall–Kier alpha value is -2.47. The molecule has 2 aromatic heterocycles. The fourth-order valence-electron chi connectivity index (χ4n) is 2.90. The van der Waals surface area contributed by atoms with E-state index in [1.165, 1.54) is 0 Å². The minimum absolute atomic E-state index is 0.285. The number of nitrogens with two attached hydrogens (primary N) is 1. The van der Waals surface area contributed by atoms with Crippen molar-refractivity contribution < 1.29 is 9.53 Å². The average molecular weight is 312 g/mol. The van der Waals surface area contributed by atoms with Crippen LogP contribution < -0.4 is 10.5 Å². The lowest BCUT2D eigenvalue weighted by molar-refractivity contribution is -0.119. The molecule has 0 radical (unpaired) electrons. The van der Waals surface area contributed by atoms with Gasteiger partial charge in [0, 0.05) is 30.4 Å². The highest BCUT2D eigenvalue weighted by Crippen LogP contribution is 2.27. The van der Waals surface area contributed by atoms with Crippen molar-refractivity contribution in [1.29, 1.82) is 0 Å². The predicted octanol–water partition coefficient (Wildman–Crippen LogP) is 1.93. The first kappa shape index (κ1) is 15.4. The number of piperidine rings is 1. The largest absolute Gasteiger partial charge is 0.437 e. The third kappa shape index (κ3) is 4.26. The van der Waals surface area contributed by atoms with Crippen molar-refractivity contribution in [2.45, 2.75) is 18.8 Å². The number of rotatable bonds is 5.